The number of rotatable bonds is 4. The molecule has 30 heavy (non-hydrogen) atoms. The van der Waals surface area contributed by atoms with E-state index < -0.39 is 7.14 Å². The lowest BCUT2D eigenvalue weighted by Gasteiger charge is -2.21. The van der Waals surface area contributed by atoms with Crippen molar-refractivity contribution < 1.29 is 8.98 Å². The number of aryl methyl sites for hydroxylation is 1. The van der Waals surface area contributed by atoms with Crippen LogP contribution in [0, 0.1) is 6.92 Å². The Morgan fingerprint density at radius 2 is 1.33 bits per heavy atom. The SMILES string of the molecule is Cc1ccc2oc(-c3ccccc3P(=O)(c3ccccc3)c3ccccc3)nc2c1. The third-order valence-electron chi connectivity index (χ3n) is 5.26. The maximum atomic E-state index is 14.8. The van der Waals surface area contributed by atoms with E-state index in [1.54, 1.807) is 0 Å². The van der Waals surface area contributed by atoms with E-state index in [1.807, 2.05) is 110 Å². The van der Waals surface area contributed by atoms with Crippen LogP contribution in [0.5, 0.6) is 0 Å². The van der Waals surface area contributed by atoms with Crippen molar-refractivity contribution in [2.24, 2.45) is 0 Å². The highest BCUT2D eigenvalue weighted by Crippen LogP contribution is 2.45. The summed E-state index contributed by atoms with van der Waals surface area (Å²) in [6.45, 7) is 2.03. The third kappa shape index (κ3) is 3.08. The first kappa shape index (κ1) is 18.6. The summed E-state index contributed by atoms with van der Waals surface area (Å²) in [6, 6.07) is 32.9. The van der Waals surface area contributed by atoms with Gasteiger partial charge in [0.15, 0.2) is 12.7 Å². The molecular weight excluding hydrogens is 389 g/mol. The number of nitrogens with zero attached hydrogens (tertiary/aromatic N) is 1. The van der Waals surface area contributed by atoms with Crippen LogP contribution >= 0.6 is 7.14 Å². The molecule has 0 bridgehead atoms. The average Bonchev–Trinajstić information content (AvgIpc) is 3.23. The van der Waals surface area contributed by atoms with Crippen molar-refractivity contribution in [1.29, 1.82) is 0 Å². The number of fused-ring (bicyclic) bond motifs is 1. The number of oxazole rings is 1. The van der Waals surface area contributed by atoms with E-state index in [-0.39, 0.29) is 0 Å². The van der Waals surface area contributed by atoms with Crippen LogP contribution in [0.15, 0.2) is 108 Å². The van der Waals surface area contributed by atoms with Crippen LogP contribution in [-0.2, 0) is 4.57 Å². The molecule has 4 heteroatoms. The Bertz CT molecular complexity index is 1330. The second-order valence-corrected chi connectivity index (χ2v) is 10.0. The molecule has 5 aromatic rings. The topological polar surface area (TPSA) is 43.1 Å². The van der Waals surface area contributed by atoms with Gasteiger partial charge in [-0.15, -0.1) is 0 Å². The molecule has 0 radical (unpaired) electrons. The Balaban J connectivity index is 1.79. The van der Waals surface area contributed by atoms with Crippen molar-refractivity contribution in [3.63, 3.8) is 0 Å². The van der Waals surface area contributed by atoms with Crippen molar-refractivity contribution in [2.75, 3.05) is 0 Å². The fourth-order valence-electron chi connectivity index (χ4n) is 3.78. The normalized spacial score (nSPS) is 11.6. The van der Waals surface area contributed by atoms with Crippen LogP contribution in [0.1, 0.15) is 5.56 Å². The number of benzene rings is 4. The zero-order valence-electron chi connectivity index (χ0n) is 16.5. The first-order valence-electron chi connectivity index (χ1n) is 9.85. The van der Waals surface area contributed by atoms with Gasteiger partial charge in [0.1, 0.15) is 5.52 Å². The lowest BCUT2D eigenvalue weighted by molar-refractivity contribution is 0.592. The lowest BCUT2D eigenvalue weighted by atomic mass is 10.2. The first-order valence-corrected chi connectivity index (χ1v) is 11.6. The number of hydrogen-bond acceptors (Lipinski definition) is 3. The van der Waals surface area contributed by atoms with Gasteiger partial charge in [-0.3, -0.25) is 0 Å². The third-order valence-corrected chi connectivity index (χ3v) is 8.38. The average molecular weight is 409 g/mol. The fourth-order valence-corrected chi connectivity index (χ4v) is 6.63. The van der Waals surface area contributed by atoms with E-state index in [9.17, 15) is 4.57 Å². The molecule has 0 amide bonds. The second kappa shape index (κ2) is 7.44. The predicted molar refractivity (Wildman–Crippen MR) is 124 cm³/mol. The smallest absolute Gasteiger partial charge is 0.228 e. The molecule has 1 aromatic heterocycles. The van der Waals surface area contributed by atoms with Gasteiger partial charge in [-0.05, 0) is 30.7 Å². The van der Waals surface area contributed by atoms with Gasteiger partial charge in [0.05, 0.1) is 0 Å². The van der Waals surface area contributed by atoms with Crippen molar-refractivity contribution in [3.05, 3.63) is 109 Å². The van der Waals surface area contributed by atoms with Gasteiger partial charge in [0.25, 0.3) is 0 Å². The molecule has 5 rings (SSSR count). The maximum Gasteiger partial charge on any atom is 0.228 e. The van der Waals surface area contributed by atoms with Gasteiger partial charge in [-0.1, -0.05) is 84.9 Å². The molecule has 0 unspecified atom stereocenters. The van der Waals surface area contributed by atoms with Crippen molar-refractivity contribution >= 4 is 34.2 Å². The quantitative estimate of drug-likeness (QED) is 0.371. The van der Waals surface area contributed by atoms with Gasteiger partial charge in [-0.2, -0.15) is 0 Å². The standard InChI is InChI=1S/C26H20NO2P/c1-19-16-17-24-23(18-19)27-26(29-24)22-14-8-9-15-25(22)30(28,20-10-4-2-5-11-20)21-12-6-3-7-13-21/h2-18H,1H3. The second-order valence-electron chi connectivity index (χ2n) is 7.29. The molecular formula is C26H20NO2P. The van der Waals surface area contributed by atoms with Crippen LogP contribution in [0.4, 0.5) is 0 Å². The minimum atomic E-state index is -3.13. The van der Waals surface area contributed by atoms with E-state index in [0.29, 0.717) is 5.89 Å². The van der Waals surface area contributed by atoms with Crippen LogP contribution < -0.4 is 15.9 Å². The molecule has 4 aromatic carbocycles. The molecule has 3 nitrogen and oxygen atoms in total. The van der Waals surface area contributed by atoms with E-state index in [0.717, 1.165) is 38.1 Å². The van der Waals surface area contributed by atoms with Crippen molar-refractivity contribution in [2.45, 2.75) is 6.92 Å². The highest BCUT2D eigenvalue weighted by atomic mass is 31.2. The number of hydrogen-bond donors (Lipinski definition) is 0. The minimum absolute atomic E-state index is 0.485. The van der Waals surface area contributed by atoms with Gasteiger partial charge < -0.3 is 8.98 Å². The van der Waals surface area contributed by atoms with Gasteiger partial charge >= 0.3 is 0 Å². The lowest BCUT2D eigenvalue weighted by Crippen LogP contribution is -2.26. The molecule has 0 spiro atoms. The zero-order valence-corrected chi connectivity index (χ0v) is 17.4. The highest BCUT2D eigenvalue weighted by molar-refractivity contribution is 7.85. The van der Waals surface area contributed by atoms with E-state index in [2.05, 4.69) is 0 Å². The summed E-state index contributed by atoms with van der Waals surface area (Å²) >= 11 is 0. The monoisotopic (exact) mass is 409 g/mol. The Morgan fingerprint density at radius 1 is 0.733 bits per heavy atom. The summed E-state index contributed by atoms with van der Waals surface area (Å²) in [4.78, 5) is 4.72. The van der Waals surface area contributed by atoms with Gasteiger partial charge in [0.2, 0.25) is 5.89 Å². The molecule has 0 fully saturated rings. The molecule has 0 aliphatic heterocycles. The molecule has 0 saturated heterocycles. The maximum absolute atomic E-state index is 14.8. The van der Waals surface area contributed by atoms with E-state index in [4.69, 9.17) is 9.40 Å². The Morgan fingerprint density at radius 3 is 2.00 bits per heavy atom. The van der Waals surface area contributed by atoms with Crippen LogP contribution in [0.2, 0.25) is 0 Å². The van der Waals surface area contributed by atoms with Crippen LogP contribution in [0.3, 0.4) is 0 Å². The summed E-state index contributed by atoms with van der Waals surface area (Å²) < 4.78 is 20.9. The summed E-state index contributed by atoms with van der Waals surface area (Å²) in [7, 11) is -3.13. The first-order chi connectivity index (χ1) is 14.7. The molecule has 0 atom stereocenters. The Kier molecular flexibility index (Phi) is 4.61. The highest BCUT2D eigenvalue weighted by Gasteiger charge is 2.33. The van der Waals surface area contributed by atoms with Gasteiger partial charge in [-0.25, -0.2) is 4.98 Å². The Hall–Kier alpha value is -3.42. The number of aromatic nitrogens is 1. The summed E-state index contributed by atoms with van der Waals surface area (Å²) in [5.74, 6) is 0.485. The largest absolute Gasteiger partial charge is 0.436 e. The molecule has 0 aliphatic rings. The fraction of sp³-hybridized carbons (Fsp3) is 0.0385. The molecule has 0 saturated carbocycles. The molecule has 1 heterocycles. The van der Waals surface area contributed by atoms with E-state index in [1.165, 1.54) is 0 Å². The Labute approximate surface area is 175 Å². The summed E-state index contributed by atoms with van der Waals surface area (Å²) in [5, 5.41) is 2.30. The van der Waals surface area contributed by atoms with Crippen molar-refractivity contribution in [3.8, 4) is 11.5 Å². The summed E-state index contributed by atoms with van der Waals surface area (Å²) in [6.07, 6.45) is 0. The van der Waals surface area contributed by atoms with Crippen molar-refractivity contribution in [1.82, 2.24) is 4.98 Å². The zero-order chi connectivity index (χ0) is 20.6. The predicted octanol–water partition coefficient (Wildman–Crippen LogP) is 5.44. The molecule has 0 aliphatic carbocycles. The van der Waals surface area contributed by atoms with E-state index >= 15 is 0 Å². The molecule has 146 valence electrons. The van der Waals surface area contributed by atoms with Crippen LogP contribution in [-0.4, -0.2) is 4.98 Å². The van der Waals surface area contributed by atoms with Gasteiger partial charge in [0, 0.05) is 21.5 Å². The molecule has 0 N–H and O–H groups in total. The van der Waals surface area contributed by atoms with Crippen LogP contribution in [0.25, 0.3) is 22.6 Å². The summed E-state index contributed by atoms with van der Waals surface area (Å²) in [5.41, 5.74) is 3.39. The minimum Gasteiger partial charge on any atom is -0.436 e.